The number of rotatable bonds is 8. The number of hydrogen-bond donors (Lipinski definition) is 6. The van der Waals surface area contributed by atoms with Crippen molar-refractivity contribution in [3.63, 3.8) is 0 Å². The maximum Gasteiger partial charge on any atom is 0.415 e. The third-order valence-corrected chi connectivity index (χ3v) is 12.0. The van der Waals surface area contributed by atoms with E-state index in [1.165, 1.54) is 38.6 Å². The first-order valence-electron chi connectivity index (χ1n) is 14.3. The third kappa shape index (κ3) is 6.64. The summed E-state index contributed by atoms with van der Waals surface area (Å²) in [4.78, 5) is 78.0. The molecule has 1 aromatic heterocycles. The second kappa shape index (κ2) is 12.3. The van der Waals surface area contributed by atoms with Gasteiger partial charge in [-0.05, 0) is 50.8 Å². The Labute approximate surface area is 265 Å². The summed E-state index contributed by atoms with van der Waals surface area (Å²) in [6.45, 7) is 3.09. The monoisotopic (exact) mass is 700 g/mol. The van der Waals surface area contributed by atoms with Crippen LogP contribution in [0.5, 0.6) is 5.75 Å². The Hall–Kier alpha value is -3.85. The molecule has 5 rings (SSSR count). The number of piperazine rings is 1. The second-order valence-electron chi connectivity index (χ2n) is 11.8. The smallest absolute Gasteiger partial charge is 0.415 e. The Bertz CT molecular complexity index is 1890. The van der Waals surface area contributed by atoms with Gasteiger partial charge in [-0.3, -0.25) is 18.8 Å². The molecule has 1 aliphatic heterocycles. The van der Waals surface area contributed by atoms with Crippen LogP contribution in [0.2, 0.25) is 0 Å². The minimum Gasteiger partial charge on any atom is -0.477 e. The Kier molecular flexibility index (Phi) is 9.03. The van der Waals surface area contributed by atoms with Gasteiger partial charge in [0.25, 0.3) is 0 Å². The molecule has 1 saturated carbocycles. The number of hydrogen-bond acceptors (Lipinski definition) is 8. The van der Waals surface area contributed by atoms with Crippen LogP contribution >= 0.6 is 15.2 Å². The molecule has 7 N–H and O–H groups in total. The highest BCUT2D eigenvalue weighted by atomic mass is 31.2. The zero-order chi connectivity index (χ0) is 34.7. The Morgan fingerprint density at radius 3 is 2.04 bits per heavy atom. The molecule has 15 nitrogen and oxygen atoms in total. The number of carboxylic acid groups (broad SMARTS) is 1. The number of aromatic carboxylic acids is 1. The van der Waals surface area contributed by atoms with Crippen LogP contribution in [-0.4, -0.2) is 76.8 Å². The molecule has 0 radical (unpaired) electrons. The number of pyridine rings is 1. The maximum atomic E-state index is 16.3. The highest BCUT2D eigenvalue weighted by Gasteiger charge is 2.43. The van der Waals surface area contributed by atoms with Crippen LogP contribution in [0.25, 0.3) is 10.9 Å². The number of carbonyl (C=O) groups is 2. The Morgan fingerprint density at radius 1 is 1.00 bits per heavy atom. The highest BCUT2D eigenvalue weighted by Crippen LogP contribution is 2.61. The molecule has 0 bridgehead atoms. The molecule has 2 heterocycles. The minimum atomic E-state index is -5.14. The first-order chi connectivity index (χ1) is 21.8. The van der Waals surface area contributed by atoms with Gasteiger partial charge in [-0.1, -0.05) is 12.1 Å². The van der Waals surface area contributed by atoms with Gasteiger partial charge in [0.1, 0.15) is 17.0 Å². The topological polar surface area (TPSA) is 233 Å². The van der Waals surface area contributed by atoms with Gasteiger partial charge in [-0.2, -0.15) is 0 Å². The quantitative estimate of drug-likeness (QED) is 0.147. The van der Waals surface area contributed by atoms with E-state index in [0.717, 1.165) is 6.20 Å². The van der Waals surface area contributed by atoms with E-state index in [2.05, 4.69) is 0 Å². The maximum absolute atomic E-state index is 16.3. The lowest BCUT2D eigenvalue weighted by atomic mass is 10.0. The molecule has 47 heavy (non-hydrogen) atoms. The average Bonchev–Trinajstić information content (AvgIpc) is 3.79. The van der Waals surface area contributed by atoms with Gasteiger partial charge in [0.15, 0.2) is 17.0 Å². The number of carbonyl (C=O) groups excluding carboxylic acids is 1. The number of aromatic nitrogens is 1. The van der Waals surface area contributed by atoms with E-state index in [0.29, 0.717) is 12.8 Å². The van der Waals surface area contributed by atoms with Crippen molar-refractivity contribution in [1.29, 1.82) is 0 Å². The number of fused-ring (bicyclic) bond motifs is 1. The van der Waals surface area contributed by atoms with Crippen LogP contribution in [0, 0.1) is 11.6 Å². The third-order valence-electron chi connectivity index (χ3n) is 8.30. The van der Waals surface area contributed by atoms with Crippen LogP contribution in [0.4, 0.5) is 25.0 Å². The summed E-state index contributed by atoms with van der Waals surface area (Å²) in [5.41, 5.74) is 2.95. The second-order valence-corrected chi connectivity index (χ2v) is 15.8. The fourth-order valence-electron chi connectivity index (χ4n) is 5.98. The van der Waals surface area contributed by atoms with Crippen LogP contribution in [0.15, 0.2) is 35.3 Å². The lowest BCUT2D eigenvalue weighted by Crippen LogP contribution is -2.59. The number of anilines is 2. The van der Waals surface area contributed by atoms with Gasteiger partial charge in [-0.15, -0.1) is 0 Å². The zero-order valence-corrected chi connectivity index (χ0v) is 26.8. The van der Waals surface area contributed by atoms with E-state index >= 15 is 8.78 Å². The molecule has 2 atom stereocenters. The van der Waals surface area contributed by atoms with Crippen LogP contribution in [0.1, 0.15) is 48.7 Å². The molecule has 254 valence electrons. The lowest BCUT2D eigenvalue weighted by molar-refractivity contribution is 0.0694. The summed E-state index contributed by atoms with van der Waals surface area (Å²) in [6.07, 6.45) is 0.796. The van der Waals surface area contributed by atoms with Crippen molar-refractivity contribution in [2.45, 2.75) is 56.6 Å². The Balaban J connectivity index is 1.38. The first kappa shape index (κ1) is 34.5. The summed E-state index contributed by atoms with van der Waals surface area (Å²) >= 11 is 0. The molecule has 1 aliphatic carbocycles. The SMILES string of the molecule is C[C@@H]1CN(c2c(F)c(N)c3c(=O)c(C(=O)O)cn(C4CC4)c3c2F)C[C@H](C)N1C(=O)Oc1ccc(CC(P(=O)(O)O)P(=O)(O)O)cc1. The molecule has 2 fully saturated rings. The highest BCUT2D eigenvalue weighted by molar-refractivity contribution is 7.70. The van der Waals surface area contributed by atoms with E-state index in [4.69, 9.17) is 10.5 Å². The molecule has 19 heteroatoms. The normalized spacial score (nSPS) is 19.0. The van der Waals surface area contributed by atoms with Crippen molar-refractivity contribution in [3.8, 4) is 5.75 Å². The molecule has 3 aromatic rings. The molecule has 0 unspecified atom stereocenters. The van der Waals surface area contributed by atoms with Crippen LogP contribution in [0.3, 0.4) is 0 Å². The summed E-state index contributed by atoms with van der Waals surface area (Å²) in [5.74, 6) is -3.84. The van der Waals surface area contributed by atoms with Gasteiger partial charge < -0.3 is 44.6 Å². The molecule has 2 aromatic carbocycles. The number of benzene rings is 2. The van der Waals surface area contributed by atoms with E-state index in [9.17, 15) is 48.2 Å². The van der Waals surface area contributed by atoms with Crippen molar-refractivity contribution in [2.75, 3.05) is 23.7 Å². The zero-order valence-electron chi connectivity index (χ0n) is 25.0. The van der Waals surface area contributed by atoms with Crippen molar-refractivity contribution in [1.82, 2.24) is 9.47 Å². The number of ether oxygens (including phenoxy) is 1. The number of halogens is 2. The molecule has 1 saturated heterocycles. The fraction of sp³-hybridized carbons (Fsp3) is 0.393. The van der Waals surface area contributed by atoms with Crippen molar-refractivity contribution >= 4 is 49.5 Å². The summed E-state index contributed by atoms with van der Waals surface area (Å²) in [6, 6.07) is 3.52. The van der Waals surface area contributed by atoms with Gasteiger partial charge in [0.2, 0.25) is 5.43 Å². The number of amides is 1. The van der Waals surface area contributed by atoms with E-state index in [-0.39, 0.29) is 36.0 Å². The van der Waals surface area contributed by atoms with E-state index < -0.39 is 90.5 Å². The largest absolute Gasteiger partial charge is 0.477 e. The predicted molar refractivity (Wildman–Crippen MR) is 165 cm³/mol. The summed E-state index contributed by atoms with van der Waals surface area (Å²) in [7, 11) is -10.3. The standard InChI is InChI=1S/C28H32F2N4O11P2/c1-13-10-32(25-21(29)23(31)20-24(22(25)30)33(16-5-6-16)12-18(26(20)35)27(36)37)11-14(2)34(13)28(38)45-17-7-3-15(4-8-17)9-19(46(39,40)41)47(42,43)44/h3-4,7-8,12-14,16,19H,5-6,9-11,31H2,1-2H3,(H,36,37)(H2,39,40,41)(H2,42,43,44)/t13-,14+. The predicted octanol–water partition coefficient (Wildman–Crippen LogP) is 3.22. The van der Waals surface area contributed by atoms with Gasteiger partial charge >= 0.3 is 27.3 Å². The van der Waals surface area contributed by atoms with Gasteiger partial charge in [0, 0.05) is 25.3 Å². The lowest BCUT2D eigenvalue weighted by Gasteiger charge is -2.44. The summed E-state index contributed by atoms with van der Waals surface area (Å²) in [5, 5.41) is 6.72. The molecule has 2 aliphatic rings. The van der Waals surface area contributed by atoms with E-state index in [1.54, 1.807) is 13.8 Å². The number of nitrogens with two attached hydrogens (primary N) is 1. The minimum absolute atomic E-state index is 0.0163. The first-order valence-corrected chi connectivity index (χ1v) is 17.7. The molecule has 0 spiro atoms. The molecular formula is C28H32F2N4O11P2. The van der Waals surface area contributed by atoms with E-state index in [1.807, 2.05) is 0 Å². The number of nitrogens with zero attached hydrogens (tertiary/aromatic N) is 3. The number of nitrogen functional groups attached to an aromatic ring is 1. The number of carboxylic acids is 1. The molecular weight excluding hydrogens is 668 g/mol. The fourth-order valence-corrected chi connectivity index (χ4v) is 8.44. The Morgan fingerprint density at radius 2 is 1.55 bits per heavy atom. The van der Waals surface area contributed by atoms with Crippen molar-refractivity contribution in [2.24, 2.45) is 0 Å². The van der Waals surface area contributed by atoms with Gasteiger partial charge in [0.05, 0.1) is 28.7 Å². The van der Waals surface area contributed by atoms with Gasteiger partial charge in [-0.25, -0.2) is 18.4 Å². The van der Waals surface area contributed by atoms with Crippen LogP contribution < -0.4 is 20.8 Å². The average molecular weight is 701 g/mol. The van der Waals surface area contributed by atoms with Crippen molar-refractivity contribution < 1.29 is 56.9 Å². The van der Waals surface area contributed by atoms with Crippen LogP contribution in [-0.2, 0) is 15.6 Å². The van der Waals surface area contributed by atoms with Crippen molar-refractivity contribution in [3.05, 3.63) is 63.4 Å². The summed E-state index contributed by atoms with van der Waals surface area (Å²) < 4.78 is 62.0. The molecule has 1 amide bonds.